The summed E-state index contributed by atoms with van der Waals surface area (Å²) in [5, 5.41) is 14.3. The number of H-pyrrole nitrogens is 1. The van der Waals surface area contributed by atoms with Gasteiger partial charge < -0.3 is 25.3 Å². The number of carbonyl (C=O) groups is 7. The van der Waals surface area contributed by atoms with Crippen molar-refractivity contribution < 1.29 is 42.8 Å². The highest BCUT2D eigenvalue weighted by Gasteiger charge is 2.33. The molecule has 6 amide bonds. The van der Waals surface area contributed by atoms with E-state index in [9.17, 15) is 38.4 Å². The highest BCUT2D eigenvalue weighted by molar-refractivity contribution is 14.1. The van der Waals surface area contributed by atoms with Crippen molar-refractivity contribution in [1.82, 2.24) is 35.7 Å². The largest absolute Gasteiger partial charge is 0.355 e. The molecule has 0 bridgehead atoms. The van der Waals surface area contributed by atoms with Gasteiger partial charge in [-0.3, -0.25) is 33.6 Å². The first-order chi connectivity index (χ1) is 31.9. The summed E-state index contributed by atoms with van der Waals surface area (Å²) in [4.78, 5) is 108. The average Bonchev–Trinajstić information content (AvgIpc) is 3.63. The molecule has 0 atom stereocenters. The molecule has 2 aliphatic heterocycles. The summed E-state index contributed by atoms with van der Waals surface area (Å²) in [6.45, 7) is 1.79. The number of unbranched alkanes of at least 4 members (excludes halogenated alkanes) is 5. The molecular formula is C46H51FIN7O9S2. The Kier molecular flexibility index (Phi) is 18.9. The molecule has 66 heavy (non-hydrogen) atoms. The summed E-state index contributed by atoms with van der Waals surface area (Å²) in [7, 11) is 3.18. The number of carbonyl (C=O) groups excluding carboxylic acids is 7. The van der Waals surface area contributed by atoms with Gasteiger partial charge in [0.2, 0.25) is 5.91 Å². The maximum atomic E-state index is 15.1. The van der Waals surface area contributed by atoms with Crippen molar-refractivity contribution in [2.45, 2.75) is 70.6 Å². The fraction of sp³-hybridized carbons (Fsp3) is 0.413. The molecule has 6 rings (SSSR count). The van der Waals surface area contributed by atoms with Crippen molar-refractivity contribution in [3.63, 3.8) is 0 Å². The second kappa shape index (κ2) is 25.0. The van der Waals surface area contributed by atoms with E-state index in [1.54, 1.807) is 69.0 Å². The maximum absolute atomic E-state index is 15.1. The SMILES string of the molecule is O=C(CCCCCCCCC(=O)ON1C(=O)CCC1=O)NCCSSCCNC(=O)c1cc(I)cc(C(=O)N2CCN(C(=O)c3cc(Cc4n[nH]c(=O)c5ccccc45)ccc3F)CC2)c1. The van der Waals surface area contributed by atoms with Crippen LogP contribution in [0.25, 0.3) is 10.8 Å². The minimum absolute atomic E-state index is 0.00261. The smallest absolute Gasteiger partial charge is 0.333 e. The molecule has 350 valence electrons. The lowest BCUT2D eigenvalue weighted by atomic mass is 10.0. The van der Waals surface area contributed by atoms with E-state index in [1.165, 1.54) is 17.0 Å². The Labute approximate surface area is 402 Å². The zero-order valence-corrected chi connectivity index (χ0v) is 40.0. The molecule has 3 heterocycles. The van der Waals surface area contributed by atoms with Crippen LogP contribution in [0.15, 0.2) is 65.5 Å². The predicted molar refractivity (Wildman–Crippen MR) is 257 cm³/mol. The van der Waals surface area contributed by atoms with Crippen LogP contribution in [-0.2, 0) is 30.4 Å². The number of aromatic amines is 1. The minimum Gasteiger partial charge on any atom is -0.355 e. The van der Waals surface area contributed by atoms with Gasteiger partial charge in [0.05, 0.1) is 16.6 Å². The van der Waals surface area contributed by atoms with Gasteiger partial charge >= 0.3 is 5.97 Å². The monoisotopic (exact) mass is 1060 g/mol. The topological polar surface area (TPSA) is 208 Å². The molecule has 20 heteroatoms. The third kappa shape index (κ3) is 14.3. The number of halogens is 2. The minimum atomic E-state index is -0.657. The van der Waals surface area contributed by atoms with E-state index in [2.05, 4.69) is 43.4 Å². The van der Waals surface area contributed by atoms with E-state index in [-0.39, 0.29) is 80.7 Å². The molecule has 16 nitrogen and oxygen atoms in total. The quantitative estimate of drug-likeness (QED) is 0.0369. The Morgan fingerprint density at radius 2 is 1.33 bits per heavy atom. The zero-order chi connectivity index (χ0) is 47.0. The lowest BCUT2D eigenvalue weighted by Gasteiger charge is -2.35. The highest BCUT2D eigenvalue weighted by Crippen LogP contribution is 2.23. The molecule has 0 spiro atoms. The lowest BCUT2D eigenvalue weighted by Crippen LogP contribution is -2.50. The van der Waals surface area contributed by atoms with E-state index >= 15 is 4.39 Å². The molecule has 2 fully saturated rings. The van der Waals surface area contributed by atoms with Crippen LogP contribution in [0.3, 0.4) is 0 Å². The number of hydroxylamine groups is 2. The second-order valence-corrected chi connectivity index (χ2v) is 19.7. The Balaban J connectivity index is 0.826. The molecule has 2 aliphatic rings. The third-order valence-corrected chi connectivity index (χ3v) is 14.0. The van der Waals surface area contributed by atoms with Crippen molar-refractivity contribution in [2.24, 2.45) is 0 Å². The number of benzene rings is 3. The van der Waals surface area contributed by atoms with Crippen LogP contribution < -0.4 is 16.2 Å². The molecule has 0 unspecified atom stereocenters. The van der Waals surface area contributed by atoms with Crippen LogP contribution in [0.1, 0.15) is 107 Å². The summed E-state index contributed by atoms with van der Waals surface area (Å²) < 4.78 is 15.8. The van der Waals surface area contributed by atoms with E-state index in [1.807, 2.05) is 6.07 Å². The first-order valence-corrected chi connectivity index (χ1v) is 25.4. The predicted octanol–water partition coefficient (Wildman–Crippen LogP) is 5.81. The fourth-order valence-corrected chi connectivity index (χ4v) is 9.95. The molecule has 1 aromatic heterocycles. The molecular weight excluding hydrogens is 1000 g/mol. The van der Waals surface area contributed by atoms with Crippen molar-refractivity contribution in [1.29, 1.82) is 0 Å². The molecule has 0 saturated carbocycles. The van der Waals surface area contributed by atoms with Crippen molar-refractivity contribution in [2.75, 3.05) is 50.8 Å². The summed E-state index contributed by atoms with van der Waals surface area (Å²) in [6.07, 6.45) is 5.91. The van der Waals surface area contributed by atoms with Gasteiger partial charge in [0.1, 0.15) is 5.82 Å². The molecule has 0 aliphatic carbocycles. The van der Waals surface area contributed by atoms with Crippen LogP contribution in [0.2, 0.25) is 0 Å². The van der Waals surface area contributed by atoms with Crippen LogP contribution in [0.4, 0.5) is 4.39 Å². The van der Waals surface area contributed by atoms with E-state index in [0.717, 1.165) is 35.7 Å². The molecule has 2 saturated heterocycles. The zero-order valence-electron chi connectivity index (χ0n) is 36.2. The standard InChI is InChI=1S/C46H51FIN7O9S2/c47-37-14-13-30(26-38-34-9-7-8-10-35(34)44(61)52-51-38)25-36(37)46(63)54-21-19-53(20-22-54)45(62)32-27-31(28-33(48)29-32)43(60)50-18-24-66-65-23-17-49-39(56)11-5-3-1-2-4-6-12-42(59)64-55-40(57)15-16-41(55)58/h7-10,13-14,25,27-29H,1-6,11-12,15-24,26H2,(H,49,56)(H,50,60)(H,52,61). The van der Waals surface area contributed by atoms with Crippen molar-refractivity contribution in [3.8, 4) is 0 Å². The maximum Gasteiger partial charge on any atom is 0.333 e. The van der Waals surface area contributed by atoms with Crippen LogP contribution in [-0.4, -0.2) is 117 Å². The van der Waals surface area contributed by atoms with Gasteiger partial charge in [-0.1, -0.05) is 71.5 Å². The molecule has 4 aromatic rings. The Morgan fingerprint density at radius 3 is 2.03 bits per heavy atom. The third-order valence-electron chi connectivity index (χ3n) is 11.0. The van der Waals surface area contributed by atoms with E-state index < -0.39 is 29.5 Å². The highest BCUT2D eigenvalue weighted by atomic mass is 127. The van der Waals surface area contributed by atoms with Gasteiger partial charge in [0, 0.05) is 103 Å². The number of fused-ring (bicyclic) bond motifs is 1. The van der Waals surface area contributed by atoms with Gasteiger partial charge in [-0.25, -0.2) is 14.3 Å². The second-order valence-electron chi connectivity index (χ2n) is 15.8. The number of aromatic nitrogens is 2. The summed E-state index contributed by atoms with van der Waals surface area (Å²) in [6, 6.07) is 16.4. The van der Waals surface area contributed by atoms with E-state index in [0.29, 0.717) is 75.7 Å². The Hall–Kier alpha value is -5.35. The van der Waals surface area contributed by atoms with Gasteiger partial charge in [-0.05, 0) is 77.4 Å². The normalized spacial score (nSPS) is 13.9. The van der Waals surface area contributed by atoms with Crippen LogP contribution in [0, 0.1) is 9.39 Å². The number of rotatable bonds is 22. The number of amides is 6. The first-order valence-electron chi connectivity index (χ1n) is 21.9. The average molecular weight is 1060 g/mol. The number of imide groups is 1. The summed E-state index contributed by atoms with van der Waals surface area (Å²) >= 11 is 2.07. The Bertz CT molecular complexity index is 2490. The molecule has 3 aromatic carbocycles. The fourth-order valence-electron chi connectivity index (χ4n) is 7.47. The van der Waals surface area contributed by atoms with Crippen molar-refractivity contribution in [3.05, 3.63) is 108 Å². The number of piperazine rings is 1. The number of nitrogens with zero attached hydrogens (tertiary/aromatic N) is 4. The lowest BCUT2D eigenvalue weighted by molar-refractivity contribution is -0.197. The van der Waals surface area contributed by atoms with Gasteiger partial charge in [-0.15, -0.1) is 5.06 Å². The van der Waals surface area contributed by atoms with Gasteiger partial charge in [0.15, 0.2) is 0 Å². The number of hydrogen-bond donors (Lipinski definition) is 3. The van der Waals surface area contributed by atoms with Crippen LogP contribution in [0.5, 0.6) is 0 Å². The first kappa shape index (κ1) is 50.1. The number of hydrogen-bond acceptors (Lipinski definition) is 12. The Morgan fingerprint density at radius 1 is 0.727 bits per heavy atom. The molecule has 3 N–H and O–H groups in total. The number of nitrogens with one attached hydrogen (secondary N) is 3. The summed E-state index contributed by atoms with van der Waals surface area (Å²) in [5.74, 6) is -1.93. The summed E-state index contributed by atoms with van der Waals surface area (Å²) in [5.41, 5.74) is 1.56. The van der Waals surface area contributed by atoms with Crippen LogP contribution >= 0.6 is 44.2 Å². The van der Waals surface area contributed by atoms with E-state index in [4.69, 9.17) is 4.84 Å². The van der Waals surface area contributed by atoms with Crippen molar-refractivity contribution >= 4 is 96.4 Å². The van der Waals surface area contributed by atoms with Gasteiger partial charge in [0.25, 0.3) is 35.1 Å². The molecule has 0 radical (unpaired) electrons. The van der Waals surface area contributed by atoms with Gasteiger partial charge in [-0.2, -0.15) is 5.10 Å².